The normalized spacial score (nSPS) is 15.5. The van der Waals surface area contributed by atoms with Gasteiger partial charge in [-0.15, -0.1) is 5.10 Å². The van der Waals surface area contributed by atoms with Crippen molar-refractivity contribution < 1.29 is 28.6 Å². The van der Waals surface area contributed by atoms with Gasteiger partial charge in [-0.25, -0.2) is 19.0 Å². The maximum absolute atomic E-state index is 15.6. The molecule has 11 nitrogen and oxygen atoms in total. The average molecular weight is 575 g/mol. The number of ether oxygens (including phenoxy) is 1. The molecule has 0 spiro atoms. The van der Waals surface area contributed by atoms with E-state index in [-0.39, 0.29) is 23.5 Å². The number of aromatic nitrogens is 4. The van der Waals surface area contributed by atoms with Crippen molar-refractivity contribution in [2.75, 3.05) is 18.0 Å². The van der Waals surface area contributed by atoms with Gasteiger partial charge < -0.3 is 14.7 Å². The minimum Gasteiger partial charge on any atom is -0.478 e. The van der Waals surface area contributed by atoms with E-state index in [9.17, 15) is 19.5 Å². The summed E-state index contributed by atoms with van der Waals surface area (Å²) >= 11 is 0. The van der Waals surface area contributed by atoms with E-state index in [1.54, 1.807) is 57.1 Å². The molecule has 1 fully saturated rings. The Morgan fingerprint density at radius 1 is 1.12 bits per heavy atom. The summed E-state index contributed by atoms with van der Waals surface area (Å²) in [4.78, 5) is 46.2. The number of piperidine rings is 1. The number of carbonyl (C=O) groups excluding carboxylic acids is 2. The van der Waals surface area contributed by atoms with Crippen LogP contribution in [0.4, 0.5) is 15.0 Å². The molecule has 42 heavy (non-hydrogen) atoms. The molecule has 2 aromatic heterocycles. The van der Waals surface area contributed by atoms with Crippen LogP contribution in [0.25, 0.3) is 22.0 Å². The Hall–Kier alpha value is -4.87. The minimum absolute atomic E-state index is 0.0805. The first-order chi connectivity index (χ1) is 19.9. The van der Waals surface area contributed by atoms with Gasteiger partial charge in [-0.2, -0.15) is 0 Å². The molecule has 1 aliphatic rings. The van der Waals surface area contributed by atoms with E-state index in [0.717, 1.165) is 0 Å². The lowest BCUT2D eigenvalue weighted by molar-refractivity contribution is 0.0195. The number of carbonyl (C=O) groups is 3. The minimum atomic E-state index is -1.09. The van der Waals surface area contributed by atoms with Crippen molar-refractivity contribution in [2.45, 2.75) is 45.3 Å². The number of hydrogen-bond acceptors (Lipinski definition) is 7. The highest BCUT2D eigenvalue weighted by Gasteiger charge is 2.36. The van der Waals surface area contributed by atoms with Crippen molar-refractivity contribution in [1.29, 1.82) is 0 Å². The number of carboxylic acids is 1. The van der Waals surface area contributed by atoms with Crippen molar-refractivity contribution in [2.24, 2.45) is 7.05 Å². The summed E-state index contributed by atoms with van der Waals surface area (Å²) in [6, 6.07) is 9.84. The van der Waals surface area contributed by atoms with Gasteiger partial charge in [-0.1, -0.05) is 11.3 Å². The Labute approximate surface area is 241 Å². The van der Waals surface area contributed by atoms with Crippen LogP contribution in [0.3, 0.4) is 0 Å². The number of fused-ring (bicyclic) bond motifs is 1. The molecule has 12 heteroatoms. The van der Waals surface area contributed by atoms with Crippen molar-refractivity contribution in [3.8, 4) is 11.3 Å². The van der Waals surface area contributed by atoms with E-state index < -0.39 is 35.4 Å². The molecule has 0 aliphatic carbocycles. The summed E-state index contributed by atoms with van der Waals surface area (Å²) in [6.07, 6.45) is 3.72. The fourth-order valence-corrected chi connectivity index (χ4v) is 5.04. The zero-order chi connectivity index (χ0) is 30.2. The van der Waals surface area contributed by atoms with Crippen LogP contribution >= 0.6 is 0 Å². The Kier molecular flexibility index (Phi) is 7.63. The van der Waals surface area contributed by atoms with Gasteiger partial charge in [-0.05, 0) is 75.4 Å². The molecule has 2 aromatic carbocycles. The zero-order valence-electron chi connectivity index (χ0n) is 23.7. The van der Waals surface area contributed by atoms with Crippen LogP contribution in [-0.2, 0) is 11.8 Å². The van der Waals surface area contributed by atoms with E-state index >= 15 is 4.39 Å². The Morgan fingerprint density at radius 3 is 2.57 bits per heavy atom. The highest BCUT2D eigenvalue weighted by atomic mass is 19.1. The summed E-state index contributed by atoms with van der Waals surface area (Å²) in [5.41, 5.74) is 0.112. The number of hydrogen-bond donors (Lipinski definition) is 1. The fourth-order valence-electron chi connectivity index (χ4n) is 5.04. The van der Waals surface area contributed by atoms with Gasteiger partial charge in [0.1, 0.15) is 22.9 Å². The largest absolute Gasteiger partial charge is 0.478 e. The lowest BCUT2D eigenvalue weighted by atomic mass is 10.0. The summed E-state index contributed by atoms with van der Waals surface area (Å²) in [5, 5.41) is 18.4. The molecule has 0 bridgehead atoms. The van der Waals surface area contributed by atoms with E-state index in [2.05, 4.69) is 15.3 Å². The summed E-state index contributed by atoms with van der Waals surface area (Å²) in [6.45, 7) is 5.92. The highest BCUT2D eigenvalue weighted by Crippen LogP contribution is 2.32. The maximum atomic E-state index is 15.6. The van der Waals surface area contributed by atoms with Crippen LogP contribution in [0.1, 0.15) is 54.3 Å². The Balaban J connectivity index is 1.57. The molecular weight excluding hydrogens is 543 g/mol. The number of amides is 2. The Morgan fingerprint density at radius 2 is 1.90 bits per heavy atom. The Bertz CT molecular complexity index is 1680. The number of carboxylic acid groups (broad SMARTS) is 1. The third-order valence-electron chi connectivity index (χ3n) is 6.95. The number of pyridine rings is 1. The molecule has 0 unspecified atom stereocenters. The van der Waals surface area contributed by atoms with E-state index in [1.807, 2.05) is 0 Å². The van der Waals surface area contributed by atoms with Gasteiger partial charge in [0.05, 0.1) is 23.4 Å². The van der Waals surface area contributed by atoms with Crippen LogP contribution in [0.5, 0.6) is 0 Å². The molecule has 5 rings (SSSR count). The van der Waals surface area contributed by atoms with Crippen LogP contribution in [0.2, 0.25) is 0 Å². The number of anilines is 1. The standard InChI is InChI=1S/C30H31FN6O5/c1-30(2,3)42-29(41)36-13-5-6-21(16-36)37(26-22-9-8-20(28(39)40)14-18(22)11-12-32-26)27(38)23-10-7-19(15-24(23)31)25-17-35(4)34-33-25/h7-12,14-15,17,21H,5-6,13,16H2,1-4H3,(H,39,40)/t21-/m1/s1. The third-order valence-corrected chi connectivity index (χ3v) is 6.95. The van der Waals surface area contributed by atoms with E-state index in [1.165, 1.54) is 40.0 Å². The molecule has 2 amide bonds. The van der Waals surface area contributed by atoms with Crippen LogP contribution in [0, 0.1) is 5.82 Å². The topological polar surface area (TPSA) is 131 Å². The second kappa shape index (κ2) is 11.2. The average Bonchev–Trinajstić information content (AvgIpc) is 3.38. The van der Waals surface area contributed by atoms with E-state index in [0.29, 0.717) is 41.4 Å². The fraction of sp³-hybridized carbons (Fsp3) is 0.333. The van der Waals surface area contributed by atoms with Gasteiger partial charge in [-0.3, -0.25) is 14.4 Å². The lowest BCUT2D eigenvalue weighted by Crippen LogP contribution is -2.53. The summed E-state index contributed by atoms with van der Waals surface area (Å²) < 4.78 is 22.7. The SMILES string of the molecule is Cn1cc(-c2ccc(C(=O)N(c3nccc4cc(C(=O)O)ccc34)[C@@H]3CCCN(C(=O)OC(C)(C)C)C3)c(F)c2)nn1. The number of halogens is 1. The zero-order valence-corrected chi connectivity index (χ0v) is 23.7. The lowest BCUT2D eigenvalue weighted by Gasteiger charge is -2.39. The van der Waals surface area contributed by atoms with Gasteiger partial charge in [0.2, 0.25) is 0 Å². The van der Waals surface area contributed by atoms with Crippen LogP contribution in [0.15, 0.2) is 54.9 Å². The number of benzene rings is 2. The van der Waals surface area contributed by atoms with Gasteiger partial charge >= 0.3 is 12.1 Å². The first-order valence-electron chi connectivity index (χ1n) is 13.5. The number of aromatic carboxylic acids is 1. The number of nitrogens with zero attached hydrogens (tertiary/aromatic N) is 6. The molecule has 3 heterocycles. The first-order valence-corrected chi connectivity index (χ1v) is 13.5. The maximum Gasteiger partial charge on any atom is 0.410 e. The highest BCUT2D eigenvalue weighted by molar-refractivity contribution is 6.11. The molecule has 4 aromatic rings. The molecule has 1 N–H and O–H groups in total. The van der Waals surface area contributed by atoms with Crippen LogP contribution < -0.4 is 4.90 Å². The van der Waals surface area contributed by atoms with Crippen molar-refractivity contribution in [3.63, 3.8) is 0 Å². The molecule has 1 aliphatic heterocycles. The van der Waals surface area contributed by atoms with E-state index in [4.69, 9.17) is 4.74 Å². The van der Waals surface area contributed by atoms with Gasteiger partial charge in [0.25, 0.3) is 5.91 Å². The van der Waals surface area contributed by atoms with Crippen LogP contribution in [-0.4, -0.2) is 72.7 Å². The molecule has 218 valence electrons. The van der Waals surface area contributed by atoms with Crippen molar-refractivity contribution in [3.05, 3.63) is 71.8 Å². The molecule has 0 saturated carbocycles. The first kappa shape index (κ1) is 28.7. The summed E-state index contributed by atoms with van der Waals surface area (Å²) in [5.74, 6) is -2.24. The second-order valence-corrected chi connectivity index (χ2v) is 11.2. The predicted molar refractivity (Wildman–Crippen MR) is 153 cm³/mol. The number of rotatable bonds is 5. The number of aryl methyl sites for hydroxylation is 1. The monoisotopic (exact) mass is 574 g/mol. The smallest absolute Gasteiger partial charge is 0.410 e. The summed E-state index contributed by atoms with van der Waals surface area (Å²) in [7, 11) is 1.70. The predicted octanol–water partition coefficient (Wildman–Crippen LogP) is 4.91. The molecule has 1 atom stereocenters. The molecule has 0 radical (unpaired) electrons. The number of likely N-dealkylation sites (tertiary alicyclic amines) is 1. The molecular formula is C30H31FN6O5. The quantitative estimate of drug-likeness (QED) is 0.356. The third kappa shape index (κ3) is 5.92. The second-order valence-electron chi connectivity index (χ2n) is 11.2. The van der Waals surface area contributed by atoms with Crippen molar-refractivity contribution >= 4 is 34.6 Å². The molecule has 1 saturated heterocycles. The van der Waals surface area contributed by atoms with Crippen molar-refractivity contribution in [1.82, 2.24) is 24.9 Å². The van der Waals surface area contributed by atoms with Gasteiger partial charge in [0, 0.05) is 37.3 Å². The van der Waals surface area contributed by atoms with Gasteiger partial charge in [0.15, 0.2) is 0 Å².